The number of oxazole rings is 1. The third-order valence-corrected chi connectivity index (χ3v) is 3.52. The van der Waals surface area contributed by atoms with Crippen molar-refractivity contribution < 1.29 is 23.1 Å². The first-order chi connectivity index (χ1) is 11.4. The molecule has 3 rings (SSSR count). The Kier molecular flexibility index (Phi) is 4.07. The summed E-state index contributed by atoms with van der Waals surface area (Å²) < 4.78 is 24.3. The number of nitrogens with one attached hydrogen (secondary N) is 1. The van der Waals surface area contributed by atoms with E-state index < -0.39 is 18.0 Å². The summed E-state index contributed by atoms with van der Waals surface area (Å²) in [6, 6.07) is 4.21. The van der Waals surface area contributed by atoms with Gasteiger partial charge in [-0.2, -0.15) is 4.98 Å². The van der Waals surface area contributed by atoms with Crippen LogP contribution in [-0.4, -0.2) is 36.2 Å². The number of benzene rings is 1. The van der Waals surface area contributed by atoms with Gasteiger partial charge in [0.05, 0.1) is 18.8 Å². The van der Waals surface area contributed by atoms with Crippen LogP contribution in [0.5, 0.6) is 0 Å². The number of carbonyl (C=O) groups excluding carboxylic acids is 2. The molecule has 2 amide bonds. The first kappa shape index (κ1) is 15.8. The zero-order valence-electron chi connectivity index (χ0n) is 12.8. The molecule has 1 atom stereocenters. The van der Waals surface area contributed by atoms with E-state index in [-0.39, 0.29) is 36.3 Å². The lowest BCUT2D eigenvalue weighted by Crippen LogP contribution is -2.33. The molecule has 1 fully saturated rings. The molecule has 1 aliphatic heterocycles. The van der Waals surface area contributed by atoms with Gasteiger partial charge in [0.15, 0.2) is 0 Å². The standard InChI is InChI=1S/C15H15FN4O4/c1-8(21)18-5-10-6-20(15(22)24-10)9-2-3-11(12(16)4-9)13-7-23-14(17)19-13/h2-4,7,10H,5-6H2,1H3,(H2,17,19)(H,18,21). The molecule has 0 radical (unpaired) electrons. The number of nitrogens with zero attached hydrogens (tertiary/aromatic N) is 2. The minimum absolute atomic E-state index is 0.0580. The fraction of sp³-hybridized carbons (Fsp3) is 0.267. The smallest absolute Gasteiger partial charge is 0.414 e. The van der Waals surface area contributed by atoms with E-state index in [9.17, 15) is 14.0 Å². The number of cyclic esters (lactones) is 1. The number of amides is 2. The Bertz CT molecular complexity index is 792. The Balaban J connectivity index is 1.77. The third-order valence-electron chi connectivity index (χ3n) is 3.52. The second-order valence-corrected chi connectivity index (χ2v) is 5.29. The fourth-order valence-electron chi connectivity index (χ4n) is 2.39. The number of anilines is 2. The second-order valence-electron chi connectivity index (χ2n) is 5.29. The van der Waals surface area contributed by atoms with Gasteiger partial charge in [-0.15, -0.1) is 0 Å². The van der Waals surface area contributed by atoms with Crippen LogP contribution in [0.3, 0.4) is 0 Å². The van der Waals surface area contributed by atoms with Crippen molar-refractivity contribution in [2.75, 3.05) is 23.7 Å². The highest BCUT2D eigenvalue weighted by Gasteiger charge is 2.32. The summed E-state index contributed by atoms with van der Waals surface area (Å²) in [5.74, 6) is -0.786. The summed E-state index contributed by atoms with van der Waals surface area (Å²) in [6.45, 7) is 1.80. The van der Waals surface area contributed by atoms with Gasteiger partial charge in [0, 0.05) is 12.5 Å². The van der Waals surface area contributed by atoms with E-state index in [0.29, 0.717) is 5.69 Å². The summed E-state index contributed by atoms with van der Waals surface area (Å²) in [6.07, 6.45) is 0.170. The number of nitrogens with two attached hydrogens (primary N) is 1. The average Bonchev–Trinajstić information content (AvgIpc) is 3.11. The quantitative estimate of drug-likeness (QED) is 0.877. The van der Waals surface area contributed by atoms with Crippen molar-refractivity contribution in [1.29, 1.82) is 0 Å². The summed E-state index contributed by atoms with van der Waals surface area (Å²) in [4.78, 5) is 28.0. The lowest BCUT2D eigenvalue weighted by atomic mass is 10.1. The van der Waals surface area contributed by atoms with Gasteiger partial charge in [-0.05, 0) is 18.2 Å². The zero-order chi connectivity index (χ0) is 17.3. The molecule has 24 heavy (non-hydrogen) atoms. The van der Waals surface area contributed by atoms with Crippen LogP contribution in [-0.2, 0) is 9.53 Å². The highest BCUT2D eigenvalue weighted by atomic mass is 19.1. The van der Waals surface area contributed by atoms with Crippen molar-refractivity contribution in [3.8, 4) is 11.3 Å². The number of ether oxygens (including phenoxy) is 1. The fourth-order valence-corrected chi connectivity index (χ4v) is 2.39. The minimum atomic E-state index is -0.594. The van der Waals surface area contributed by atoms with E-state index in [4.69, 9.17) is 14.9 Å². The molecule has 1 aromatic heterocycles. The zero-order valence-corrected chi connectivity index (χ0v) is 12.8. The van der Waals surface area contributed by atoms with Gasteiger partial charge in [0.25, 0.3) is 6.01 Å². The van der Waals surface area contributed by atoms with Gasteiger partial charge in [-0.1, -0.05) is 0 Å². The number of hydrogen-bond acceptors (Lipinski definition) is 6. The predicted octanol–water partition coefficient (Wildman–Crippen LogP) is 1.52. The largest absolute Gasteiger partial charge is 0.442 e. The second kappa shape index (κ2) is 6.19. The van der Waals surface area contributed by atoms with Crippen LogP contribution in [0.4, 0.5) is 20.9 Å². The van der Waals surface area contributed by atoms with Gasteiger partial charge in [-0.3, -0.25) is 9.69 Å². The molecule has 3 N–H and O–H groups in total. The Morgan fingerprint density at radius 2 is 2.33 bits per heavy atom. The highest BCUT2D eigenvalue weighted by molar-refractivity contribution is 5.90. The van der Waals surface area contributed by atoms with Gasteiger partial charge in [0.1, 0.15) is 23.9 Å². The number of hydrogen-bond donors (Lipinski definition) is 2. The topological polar surface area (TPSA) is 111 Å². The Morgan fingerprint density at radius 1 is 1.54 bits per heavy atom. The molecular formula is C15H15FN4O4. The van der Waals surface area contributed by atoms with Gasteiger partial charge in [-0.25, -0.2) is 9.18 Å². The normalized spacial score (nSPS) is 17.0. The summed E-state index contributed by atoms with van der Waals surface area (Å²) in [7, 11) is 0. The van der Waals surface area contributed by atoms with E-state index in [1.807, 2.05) is 0 Å². The number of aromatic nitrogens is 1. The van der Waals surface area contributed by atoms with Crippen LogP contribution in [0.15, 0.2) is 28.9 Å². The van der Waals surface area contributed by atoms with Crippen LogP contribution in [0, 0.1) is 5.82 Å². The van der Waals surface area contributed by atoms with E-state index in [1.54, 1.807) is 6.07 Å². The Hall–Kier alpha value is -3.10. The third kappa shape index (κ3) is 3.14. The molecule has 2 aromatic rings. The first-order valence-corrected chi connectivity index (χ1v) is 7.17. The van der Waals surface area contributed by atoms with Gasteiger partial charge in [0.2, 0.25) is 5.91 Å². The van der Waals surface area contributed by atoms with Crippen molar-refractivity contribution in [1.82, 2.24) is 10.3 Å². The van der Waals surface area contributed by atoms with E-state index in [2.05, 4.69) is 10.3 Å². The average molecular weight is 334 g/mol. The molecule has 0 spiro atoms. The monoisotopic (exact) mass is 334 g/mol. The molecule has 1 aliphatic rings. The Labute approximate surface area is 136 Å². The van der Waals surface area contributed by atoms with Crippen LogP contribution in [0.25, 0.3) is 11.3 Å². The molecule has 0 aliphatic carbocycles. The van der Waals surface area contributed by atoms with Crippen LogP contribution >= 0.6 is 0 Å². The maximum atomic E-state index is 14.3. The van der Waals surface area contributed by atoms with Gasteiger partial charge < -0.3 is 20.2 Å². The maximum absolute atomic E-state index is 14.3. The van der Waals surface area contributed by atoms with Crippen molar-refractivity contribution >= 4 is 23.7 Å². The molecule has 0 saturated carbocycles. The van der Waals surface area contributed by atoms with Crippen LogP contribution in [0.2, 0.25) is 0 Å². The first-order valence-electron chi connectivity index (χ1n) is 7.17. The maximum Gasteiger partial charge on any atom is 0.414 e. The lowest BCUT2D eigenvalue weighted by molar-refractivity contribution is -0.119. The Morgan fingerprint density at radius 3 is 2.96 bits per heavy atom. The summed E-state index contributed by atoms with van der Waals surface area (Å²) >= 11 is 0. The van der Waals surface area contributed by atoms with E-state index in [0.717, 1.165) is 0 Å². The molecule has 126 valence electrons. The molecular weight excluding hydrogens is 319 g/mol. The van der Waals surface area contributed by atoms with Crippen LogP contribution < -0.4 is 16.0 Å². The van der Waals surface area contributed by atoms with Crippen molar-refractivity contribution in [3.05, 3.63) is 30.3 Å². The van der Waals surface area contributed by atoms with Crippen LogP contribution in [0.1, 0.15) is 6.92 Å². The molecule has 1 unspecified atom stereocenters. The molecule has 1 aromatic carbocycles. The molecule has 9 heteroatoms. The molecule has 0 bridgehead atoms. The number of nitrogen functional groups attached to an aromatic ring is 1. The predicted molar refractivity (Wildman–Crippen MR) is 82.6 cm³/mol. The summed E-state index contributed by atoms with van der Waals surface area (Å²) in [5, 5.41) is 2.58. The number of rotatable bonds is 4. The van der Waals surface area contributed by atoms with Crippen molar-refractivity contribution in [2.45, 2.75) is 13.0 Å². The summed E-state index contributed by atoms with van der Waals surface area (Å²) in [5.41, 5.74) is 6.21. The van der Waals surface area contributed by atoms with E-state index in [1.165, 1.54) is 30.2 Å². The number of halogens is 1. The van der Waals surface area contributed by atoms with Gasteiger partial charge >= 0.3 is 6.09 Å². The lowest BCUT2D eigenvalue weighted by Gasteiger charge is -2.14. The molecule has 1 saturated heterocycles. The van der Waals surface area contributed by atoms with Crippen molar-refractivity contribution in [3.63, 3.8) is 0 Å². The molecule has 8 nitrogen and oxygen atoms in total. The van der Waals surface area contributed by atoms with Crippen molar-refractivity contribution in [2.24, 2.45) is 0 Å². The number of carbonyl (C=O) groups is 2. The van der Waals surface area contributed by atoms with E-state index >= 15 is 0 Å². The SMILES string of the molecule is CC(=O)NCC1CN(c2ccc(-c3coc(N)n3)c(F)c2)C(=O)O1. The minimum Gasteiger partial charge on any atom is -0.442 e. The highest BCUT2D eigenvalue weighted by Crippen LogP contribution is 2.28. The molecule has 2 heterocycles.